The Morgan fingerprint density at radius 3 is 2.56 bits per heavy atom. The largest absolute Gasteiger partial charge is 0.465 e. The van der Waals surface area contributed by atoms with Crippen LogP contribution in [0.25, 0.3) is 0 Å². The van der Waals surface area contributed by atoms with E-state index in [0.717, 1.165) is 50.3 Å². The van der Waals surface area contributed by atoms with Crippen molar-refractivity contribution in [3.8, 4) is 0 Å². The maximum atomic E-state index is 12.3. The van der Waals surface area contributed by atoms with E-state index in [-0.39, 0.29) is 30.3 Å². The molecule has 2 fully saturated rings. The highest BCUT2D eigenvalue weighted by molar-refractivity contribution is 5.85. The lowest BCUT2D eigenvalue weighted by Crippen LogP contribution is -2.46. The van der Waals surface area contributed by atoms with Gasteiger partial charge in [-0.25, -0.2) is 0 Å². The van der Waals surface area contributed by atoms with Gasteiger partial charge < -0.3 is 19.8 Å². The Morgan fingerprint density at radius 1 is 1.15 bits per heavy atom. The third-order valence-electron chi connectivity index (χ3n) is 5.47. The third kappa shape index (κ3) is 5.81. The topological polar surface area (TPSA) is 83.8 Å². The average Bonchev–Trinajstić information content (AvgIpc) is 3.13. The lowest BCUT2D eigenvalue weighted by molar-refractivity contribution is -0.129. The number of carbonyl (C=O) groups is 2. The first-order chi connectivity index (χ1) is 13.1. The van der Waals surface area contributed by atoms with Gasteiger partial charge >= 0.3 is 0 Å². The lowest BCUT2D eigenvalue weighted by Gasteiger charge is -2.33. The molecular formula is C20H31N3O4. The van der Waals surface area contributed by atoms with E-state index >= 15 is 0 Å². The van der Waals surface area contributed by atoms with E-state index in [1.54, 1.807) is 0 Å². The third-order valence-corrected chi connectivity index (χ3v) is 5.47. The maximum absolute atomic E-state index is 12.3. The van der Waals surface area contributed by atoms with E-state index in [1.165, 1.54) is 6.42 Å². The van der Waals surface area contributed by atoms with E-state index in [9.17, 15) is 9.59 Å². The molecule has 150 valence electrons. The number of hydrogen-bond donors (Lipinski definition) is 2. The molecule has 1 aliphatic carbocycles. The van der Waals surface area contributed by atoms with Crippen molar-refractivity contribution in [1.29, 1.82) is 0 Å². The second-order valence-electron chi connectivity index (χ2n) is 7.47. The van der Waals surface area contributed by atoms with Gasteiger partial charge in [0.15, 0.2) is 0 Å². The maximum Gasteiger partial charge on any atom is 0.239 e. The minimum atomic E-state index is -0.166. The fourth-order valence-corrected chi connectivity index (χ4v) is 3.88. The molecule has 7 nitrogen and oxygen atoms in total. The fourth-order valence-electron chi connectivity index (χ4n) is 3.88. The van der Waals surface area contributed by atoms with Crippen LogP contribution in [-0.2, 0) is 14.3 Å². The van der Waals surface area contributed by atoms with E-state index in [4.69, 9.17) is 9.15 Å². The van der Waals surface area contributed by atoms with Gasteiger partial charge in [-0.2, -0.15) is 0 Å². The van der Waals surface area contributed by atoms with Crippen LogP contribution in [0.3, 0.4) is 0 Å². The normalized spacial score (nSPS) is 20.2. The first kappa shape index (κ1) is 19.9. The summed E-state index contributed by atoms with van der Waals surface area (Å²) in [6.07, 6.45) is 5.29. The summed E-state index contributed by atoms with van der Waals surface area (Å²) in [6, 6.07) is 3.88. The second-order valence-corrected chi connectivity index (χ2v) is 7.47. The van der Waals surface area contributed by atoms with Crippen LogP contribution in [0.4, 0.5) is 0 Å². The molecule has 1 aromatic heterocycles. The zero-order chi connectivity index (χ0) is 19.1. The van der Waals surface area contributed by atoms with Gasteiger partial charge in [-0.1, -0.05) is 19.3 Å². The molecule has 3 rings (SSSR count). The number of furan rings is 1. The van der Waals surface area contributed by atoms with Gasteiger partial charge in [0, 0.05) is 25.6 Å². The molecule has 0 bridgehead atoms. The SMILES string of the molecule is Cc1ccc(C(CNC(=O)CNC(=O)C2CCCCC2)N2CCOCC2)o1. The van der Waals surface area contributed by atoms with E-state index < -0.39 is 0 Å². The molecule has 1 aliphatic heterocycles. The second kappa shape index (κ2) is 9.90. The van der Waals surface area contributed by atoms with Gasteiger partial charge in [0.2, 0.25) is 11.8 Å². The van der Waals surface area contributed by atoms with Crippen LogP contribution in [0.5, 0.6) is 0 Å². The molecule has 2 amide bonds. The van der Waals surface area contributed by atoms with Gasteiger partial charge in [0.1, 0.15) is 11.5 Å². The summed E-state index contributed by atoms with van der Waals surface area (Å²) in [4.78, 5) is 26.7. The molecule has 27 heavy (non-hydrogen) atoms. The number of carbonyl (C=O) groups excluding carboxylic acids is 2. The van der Waals surface area contributed by atoms with E-state index in [0.29, 0.717) is 19.8 Å². The molecular weight excluding hydrogens is 346 g/mol. The summed E-state index contributed by atoms with van der Waals surface area (Å²) < 4.78 is 11.2. The molecule has 1 atom stereocenters. The van der Waals surface area contributed by atoms with E-state index in [1.807, 2.05) is 19.1 Å². The molecule has 2 heterocycles. The summed E-state index contributed by atoms with van der Waals surface area (Å²) >= 11 is 0. The summed E-state index contributed by atoms with van der Waals surface area (Å²) in [5.41, 5.74) is 0. The first-order valence-electron chi connectivity index (χ1n) is 10.1. The van der Waals surface area contributed by atoms with Crippen molar-refractivity contribution >= 4 is 11.8 Å². The monoisotopic (exact) mass is 377 g/mol. The Bertz CT molecular complexity index is 618. The van der Waals surface area contributed by atoms with Crippen LogP contribution in [-0.4, -0.2) is 56.1 Å². The van der Waals surface area contributed by atoms with Crippen molar-refractivity contribution in [2.45, 2.75) is 45.1 Å². The minimum absolute atomic E-state index is 0.0104. The number of nitrogens with zero attached hydrogens (tertiary/aromatic N) is 1. The number of hydrogen-bond acceptors (Lipinski definition) is 5. The van der Waals surface area contributed by atoms with Gasteiger partial charge in [-0.05, 0) is 31.9 Å². The van der Waals surface area contributed by atoms with Crippen molar-refractivity contribution < 1.29 is 18.7 Å². The molecule has 0 aromatic carbocycles. The number of aryl methyl sites for hydroxylation is 1. The number of ether oxygens (including phenoxy) is 1. The molecule has 2 N–H and O–H groups in total. The van der Waals surface area contributed by atoms with E-state index in [2.05, 4.69) is 15.5 Å². The number of nitrogens with one attached hydrogen (secondary N) is 2. The van der Waals surface area contributed by atoms with Gasteiger partial charge in [0.25, 0.3) is 0 Å². The van der Waals surface area contributed by atoms with Crippen LogP contribution < -0.4 is 10.6 Å². The highest BCUT2D eigenvalue weighted by atomic mass is 16.5. The standard InChI is InChI=1S/C20H31N3O4/c1-15-7-8-18(27-15)17(23-9-11-26-12-10-23)13-21-19(24)14-22-20(25)16-5-3-2-4-6-16/h7-8,16-17H,2-6,9-14H2,1H3,(H,21,24)(H,22,25). The van der Waals surface area contributed by atoms with Crippen LogP contribution >= 0.6 is 0 Å². The summed E-state index contributed by atoms with van der Waals surface area (Å²) in [6.45, 7) is 5.37. The quantitative estimate of drug-likeness (QED) is 0.757. The smallest absolute Gasteiger partial charge is 0.239 e. The average molecular weight is 377 g/mol. The predicted molar refractivity (Wildman–Crippen MR) is 101 cm³/mol. The number of rotatable bonds is 7. The van der Waals surface area contributed by atoms with Crippen molar-refractivity contribution in [2.75, 3.05) is 39.4 Å². The molecule has 2 aliphatic rings. The molecule has 0 radical (unpaired) electrons. The van der Waals surface area contributed by atoms with Gasteiger partial charge in [-0.15, -0.1) is 0 Å². The van der Waals surface area contributed by atoms with Crippen molar-refractivity contribution in [1.82, 2.24) is 15.5 Å². The zero-order valence-corrected chi connectivity index (χ0v) is 16.2. The van der Waals surface area contributed by atoms with Crippen molar-refractivity contribution in [3.05, 3.63) is 23.7 Å². The van der Waals surface area contributed by atoms with Crippen LogP contribution in [0, 0.1) is 12.8 Å². The lowest BCUT2D eigenvalue weighted by atomic mass is 9.89. The molecule has 1 aromatic rings. The van der Waals surface area contributed by atoms with Gasteiger partial charge in [0.05, 0.1) is 25.8 Å². The minimum Gasteiger partial charge on any atom is -0.465 e. The molecule has 1 unspecified atom stereocenters. The molecule has 0 spiro atoms. The number of amides is 2. The Labute approximate surface area is 160 Å². The predicted octanol–water partition coefficient (Wildman–Crippen LogP) is 1.77. The Morgan fingerprint density at radius 2 is 1.89 bits per heavy atom. The highest BCUT2D eigenvalue weighted by Crippen LogP contribution is 2.24. The van der Waals surface area contributed by atoms with Crippen LogP contribution in [0.1, 0.15) is 49.7 Å². The van der Waals surface area contributed by atoms with Crippen molar-refractivity contribution in [3.63, 3.8) is 0 Å². The Kier molecular flexibility index (Phi) is 7.29. The van der Waals surface area contributed by atoms with Crippen molar-refractivity contribution in [2.24, 2.45) is 5.92 Å². The molecule has 1 saturated carbocycles. The molecule has 1 saturated heterocycles. The highest BCUT2D eigenvalue weighted by Gasteiger charge is 2.26. The van der Waals surface area contributed by atoms with Crippen LogP contribution in [0.2, 0.25) is 0 Å². The molecule has 7 heteroatoms. The summed E-state index contributed by atoms with van der Waals surface area (Å²) in [5.74, 6) is 1.62. The first-order valence-corrected chi connectivity index (χ1v) is 10.1. The van der Waals surface area contributed by atoms with Crippen LogP contribution in [0.15, 0.2) is 16.5 Å². The van der Waals surface area contributed by atoms with Gasteiger partial charge in [-0.3, -0.25) is 14.5 Å². The fraction of sp³-hybridized carbons (Fsp3) is 0.700. The summed E-state index contributed by atoms with van der Waals surface area (Å²) in [5, 5.41) is 5.74. The Hall–Kier alpha value is -1.86. The Balaban J connectivity index is 1.48. The zero-order valence-electron chi connectivity index (χ0n) is 16.2. The number of morpholine rings is 1. The summed E-state index contributed by atoms with van der Waals surface area (Å²) in [7, 11) is 0.